The first kappa shape index (κ1) is 16.9. The number of carbonyl (C=O) groups is 1. The Morgan fingerprint density at radius 3 is 2.69 bits per heavy atom. The average Bonchev–Trinajstić information content (AvgIpc) is 3.09. The summed E-state index contributed by atoms with van der Waals surface area (Å²) < 4.78 is 15.2. The second kappa shape index (κ2) is 6.63. The van der Waals surface area contributed by atoms with Gasteiger partial charge >= 0.3 is 0 Å². The van der Waals surface area contributed by atoms with E-state index in [2.05, 4.69) is 5.32 Å². The number of amides is 1. The number of hydrogen-bond donors (Lipinski definition) is 2. The van der Waals surface area contributed by atoms with Crippen molar-refractivity contribution in [2.24, 2.45) is 0 Å². The summed E-state index contributed by atoms with van der Waals surface area (Å²) in [5.74, 6) is -0.545. The molecule has 2 heterocycles. The molecule has 1 saturated heterocycles. The normalized spacial score (nSPS) is 15.8. The van der Waals surface area contributed by atoms with Gasteiger partial charge in [0.1, 0.15) is 5.82 Å². The van der Waals surface area contributed by atoms with Crippen LogP contribution in [0.4, 0.5) is 4.39 Å². The zero-order valence-electron chi connectivity index (χ0n) is 13.4. The first-order valence-corrected chi connectivity index (χ1v) is 9.01. The Morgan fingerprint density at radius 1 is 1.23 bits per heavy atom. The Kier molecular flexibility index (Phi) is 4.30. The van der Waals surface area contributed by atoms with Crippen LogP contribution in [0, 0.1) is 11.2 Å². The number of aromatic nitrogens is 1. The molecule has 1 aliphatic heterocycles. The summed E-state index contributed by atoms with van der Waals surface area (Å²) in [6.07, 6.45) is 3.70. The van der Waals surface area contributed by atoms with Crippen molar-refractivity contribution in [3.63, 3.8) is 0 Å². The van der Waals surface area contributed by atoms with Gasteiger partial charge in [-0.3, -0.25) is 10.2 Å². The maximum Gasteiger partial charge on any atom is 0.264 e. The topological polar surface area (TPSA) is 57.9 Å². The van der Waals surface area contributed by atoms with Gasteiger partial charge in [-0.25, -0.2) is 4.39 Å². The molecule has 1 aliphatic rings. The van der Waals surface area contributed by atoms with E-state index in [-0.39, 0.29) is 16.9 Å². The molecule has 0 aliphatic carbocycles. The minimum atomic E-state index is -0.276. The van der Waals surface area contributed by atoms with E-state index in [4.69, 9.17) is 17.0 Å². The molecule has 4 rings (SSSR count). The summed E-state index contributed by atoms with van der Waals surface area (Å²) in [4.78, 5) is 12.4. The largest absolute Gasteiger partial charge is 0.342 e. The van der Waals surface area contributed by atoms with Gasteiger partial charge in [0.2, 0.25) is 0 Å². The van der Waals surface area contributed by atoms with Crippen molar-refractivity contribution < 1.29 is 9.18 Å². The lowest BCUT2D eigenvalue weighted by molar-refractivity contribution is -0.115. The third-order valence-corrected chi connectivity index (χ3v) is 5.15. The van der Waals surface area contributed by atoms with Crippen molar-refractivity contribution in [2.75, 3.05) is 0 Å². The molecule has 3 aromatic rings. The van der Waals surface area contributed by atoms with Crippen LogP contribution in [0.2, 0.25) is 5.02 Å². The standard InChI is InChI=1S/C19H13ClFN3OS/c20-13-3-6-16-15(8-13)12(7-17-18(25)23-19(22)26-17)10-24(16)9-11-1-4-14(21)5-2-11/h1-8,10H,9H2,(H2,22,23,25)/b17-7-. The molecule has 0 spiro atoms. The number of hydrogen-bond acceptors (Lipinski definition) is 3. The third-order valence-electron chi connectivity index (χ3n) is 4.09. The van der Waals surface area contributed by atoms with Gasteiger partial charge in [-0.1, -0.05) is 23.7 Å². The van der Waals surface area contributed by atoms with E-state index in [9.17, 15) is 9.18 Å². The van der Waals surface area contributed by atoms with E-state index in [1.54, 1.807) is 18.2 Å². The van der Waals surface area contributed by atoms with Gasteiger partial charge in [0, 0.05) is 34.2 Å². The molecule has 1 amide bonds. The highest BCUT2D eigenvalue weighted by Gasteiger charge is 2.23. The third kappa shape index (κ3) is 3.25. The van der Waals surface area contributed by atoms with E-state index in [1.807, 2.05) is 29.0 Å². The van der Waals surface area contributed by atoms with Crippen molar-refractivity contribution >= 4 is 51.4 Å². The van der Waals surface area contributed by atoms with Crippen LogP contribution >= 0.6 is 23.4 Å². The second-order valence-corrected chi connectivity index (χ2v) is 7.38. The van der Waals surface area contributed by atoms with Crippen molar-refractivity contribution in [3.8, 4) is 0 Å². The van der Waals surface area contributed by atoms with Crippen molar-refractivity contribution in [1.29, 1.82) is 5.41 Å². The summed E-state index contributed by atoms with van der Waals surface area (Å²) in [6.45, 7) is 0.566. The number of thioether (sulfide) groups is 1. The van der Waals surface area contributed by atoms with Crippen LogP contribution in [0.15, 0.2) is 53.6 Å². The molecule has 7 heteroatoms. The fourth-order valence-electron chi connectivity index (χ4n) is 2.91. The van der Waals surface area contributed by atoms with Crippen LogP contribution in [-0.2, 0) is 11.3 Å². The number of halogens is 2. The monoisotopic (exact) mass is 385 g/mol. The van der Waals surface area contributed by atoms with Crippen LogP contribution in [0.3, 0.4) is 0 Å². The van der Waals surface area contributed by atoms with Crippen LogP contribution in [0.25, 0.3) is 17.0 Å². The van der Waals surface area contributed by atoms with Gasteiger partial charge in [-0.05, 0) is 53.7 Å². The van der Waals surface area contributed by atoms with Gasteiger partial charge in [0.15, 0.2) is 5.17 Å². The molecule has 130 valence electrons. The smallest absolute Gasteiger partial charge is 0.264 e. The number of benzene rings is 2. The molecular weight excluding hydrogens is 373 g/mol. The Hall–Kier alpha value is -2.57. The molecule has 0 bridgehead atoms. The van der Waals surface area contributed by atoms with Gasteiger partial charge < -0.3 is 9.88 Å². The van der Waals surface area contributed by atoms with E-state index < -0.39 is 0 Å². The summed E-state index contributed by atoms with van der Waals surface area (Å²) in [6, 6.07) is 12.0. The minimum absolute atomic E-state index is 0.120. The molecular formula is C19H13ClFN3OS. The van der Waals surface area contributed by atoms with Crippen molar-refractivity contribution in [2.45, 2.75) is 6.54 Å². The Balaban J connectivity index is 1.79. The van der Waals surface area contributed by atoms with Gasteiger partial charge in [-0.15, -0.1) is 0 Å². The average molecular weight is 386 g/mol. The lowest BCUT2D eigenvalue weighted by atomic mass is 10.1. The number of carbonyl (C=O) groups excluding carboxylic acids is 1. The predicted octanol–water partition coefficient (Wildman–Crippen LogP) is 4.62. The molecule has 0 atom stereocenters. The van der Waals surface area contributed by atoms with Crippen LogP contribution < -0.4 is 5.32 Å². The summed E-state index contributed by atoms with van der Waals surface area (Å²) >= 11 is 7.25. The van der Waals surface area contributed by atoms with Gasteiger partial charge in [0.25, 0.3) is 5.91 Å². The first-order chi connectivity index (χ1) is 12.5. The van der Waals surface area contributed by atoms with Crippen LogP contribution in [-0.4, -0.2) is 15.6 Å². The number of amidine groups is 1. The highest BCUT2D eigenvalue weighted by atomic mass is 35.5. The Labute approximate surface area is 158 Å². The lowest BCUT2D eigenvalue weighted by Gasteiger charge is -2.05. The number of nitrogens with zero attached hydrogens (tertiary/aromatic N) is 1. The number of fused-ring (bicyclic) bond motifs is 1. The zero-order chi connectivity index (χ0) is 18.3. The molecule has 0 saturated carbocycles. The molecule has 0 unspecified atom stereocenters. The highest BCUT2D eigenvalue weighted by Crippen LogP contribution is 2.31. The van der Waals surface area contributed by atoms with E-state index in [0.29, 0.717) is 16.5 Å². The van der Waals surface area contributed by atoms with Crippen molar-refractivity contribution in [1.82, 2.24) is 9.88 Å². The molecule has 26 heavy (non-hydrogen) atoms. The number of rotatable bonds is 3. The SMILES string of the molecule is N=C1NC(=O)/C(=C/c2cn(Cc3ccc(F)cc3)c3ccc(Cl)cc23)S1. The maximum absolute atomic E-state index is 13.1. The molecule has 0 radical (unpaired) electrons. The Morgan fingerprint density at radius 2 is 2.00 bits per heavy atom. The van der Waals surface area contributed by atoms with Crippen LogP contribution in [0.1, 0.15) is 11.1 Å². The molecule has 1 fully saturated rings. The molecule has 2 N–H and O–H groups in total. The summed E-state index contributed by atoms with van der Waals surface area (Å²) in [7, 11) is 0. The quantitative estimate of drug-likeness (QED) is 0.646. The molecule has 1 aromatic heterocycles. The molecule has 2 aromatic carbocycles. The van der Waals surface area contributed by atoms with Gasteiger partial charge in [0.05, 0.1) is 4.91 Å². The fraction of sp³-hybridized carbons (Fsp3) is 0.0526. The van der Waals surface area contributed by atoms with E-state index in [0.717, 1.165) is 33.8 Å². The van der Waals surface area contributed by atoms with E-state index >= 15 is 0 Å². The maximum atomic E-state index is 13.1. The van der Waals surface area contributed by atoms with Gasteiger partial charge in [-0.2, -0.15) is 0 Å². The number of nitrogens with one attached hydrogen (secondary N) is 2. The first-order valence-electron chi connectivity index (χ1n) is 7.82. The zero-order valence-corrected chi connectivity index (χ0v) is 15.0. The Bertz CT molecular complexity index is 1070. The summed E-state index contributed by atoms with van der Waals surface area (Å²) in [5, 5.41) is 11.7. The lowest BCUT2D eigenvalue weighted by Crippen LogP contribution is -2.18. The van der Waals surface area contributed by atoms with Crippen LogP contribution in [0.5, 0.6) is 0 Å². The van der Waals surface area contributed by atoms with E-state index in [1.165, 1.54) is 12.1 Å². The minimum Gasteiger partial charge on any atom is -0.342 e. The fourth-order valence-corrected chi connectivity index (χ4v) is 3.78. The second-order valence-electron chi connectivity index (χ2n) is 5.89. The van der Waals surface area contributed by atoms with Crippen molar-refractivity contribution in [3.05, 3.63) is 75.5 Å². The molecule has 4 nitrogen and oxygen atoms in total. The summed E-state index contributed by atoms with van der Waals surface area (Å²) in [5.41, 5.74) is 2.77. The predicted molar refractivity (Wildman–Crippen MR) is 104 cm³/mol. The highest BCUT2D eigenvalue weighted by molar-refractivity contribution is 8.18.